The molecule has 0 amide bonds. The Labute approximate surface area is 66.1 Å². The summed E-state index contributed by atoms with van der Waals surface area (Å²) < 4.78 is 12.9. The molecule has 1 heteroatoms. The zero-order chi connectivity index (χ0) is 8.27. The van der Waals surface area contributed by atoms with E-state index < -0.39 is 0 Å². The standard InChI is InChI=1S/C10H9F/c1-3-8-5-6-9(4-2)10(11)7-8/h1,5-7H,4H2,2H3. The fourth-order valence-electron chi connectivity index (χ4n) is 0.924. The summed E-state index contributed by atoms with van der Waals surface area (Å²) in [5.41, 5.74) is 1.31. The molecule has 0 saturated heterocycles. The zero-order valence-corrected chi connectivity index (χ0v) is 6.39. The number of rotatable bonds is 1. The highest BCUT2D eigenvalue weighted by Gasteiger charge is 1.98. The van der Waals surface area contributed by atoms with Crippen molar-refractivity contribution >= 4 is 0 Å². The molecule has 0 nitrogen and oxygen atoms in total. The maximum atomic E-state index is 12.9. The first-order valence-corrected chi connectivity index (χ1v) is 3.53. The minimum atomic E-state index is -0.206. The molecule has 0 radical (unpaired) electrons. The molecule has 0 aromatic heterocycles. The van der Waals surface area contributed by atoms with Gasteiger partial charge in [0.25, 0.3) is 0 Å². The van der Waals surface area contributed by atoms with Crippen molar-refractivity contribution in [1.82, 2.24) is 0 Å². The van der Waals surface area contributed by atoms with Crippen molar-refractivity contribution in [2.45, 2.75) is 13.3 Å². The molecule has 1 aromatic carbocycles. The van der Waals surface area contributed by atoms with E-state index >= 15 is 0 Å². The molecule has 0 aliphatic rings. The summed E-state index contributed by atoms with van der Waals surface area (Å²) in [5, 5.41) is 0. The summed E-state index contributed by atoms with van der Waals surface area (Å²) in [6.45, 7) is 1.91. The van der Waals surface area contributed by atoms with Gasteiger partial charge in [0.15, 0.2) is 0 Å². The molecule has 0 bridgehead atoms. The maximum absolute atomic E-state index is 12.9. The first-order valence-electron chi connectivity index (χ1n) is 3.53. The quantitative estimate of drug-likeness (QED) is 0.536. The number of halogens is 1. The van der Waals surface area contributed by atoms with E-state index in [0.29, 0.717) is 17.5 Å². The Bertz CT molecular complexity index is 294. The van der Waals surface area contributed by atoms with Crippen LogP contribution in [0.3, 0.4) is 0 Å². The van der Waals surface area contributed by atoms with Gasteiger partial charge in [-0.05, 0) is 24.1 Å². The van der Waals surface area contributed by atoms with Crippen LogP contribution in [0.15, 0.2) is 18.2 Å². The third-order valence-electron chi connectivity index (χ3n) is 1.60. The lowest BCUT2D eigenvalue weighted by molar-refractivity contribution is 0.612. The second-order valence-corrected chi connectivity index (χ2v) is 2.30. The van der Waals surface area contributed by atoms with Crippen LogP contribution in [0.2, 0.25) is 0 Å². The number of benzene rings is 1. The van der Waals surface area contributed by atoms with E-state index in [1.54, 1.807) is 12.1 Å². The molecule has 56 valence electrons. The van der Waals surface area contributed by atoms with Gasteiger partial charge in [0.05, 0.1) is 0 Å². The first-order chi connectivity index (χ1) is 5.27. The predicted octanol–water partition coefficient (Wildman–Crippen LogP) is 2.37. The van der Waals surface area contributed by atoms with Crippen LogP contribution in [0, 0.1) is 18.2 Å². The Morgan fingerprint density at radius 1 is 1.55 bits per heavy atom. The maximum Gasteiger partial charge on any atom is 0.127 e. The van der Waals surface area contributed by atoms with Crippen LogP contribution in [-0.2, 0) is 6.42 Å². The molecular formula is C10H9F. The summed E-state index contributed by atoms with van der Waals surface area (Å²) in [6.07, 6.45) is 5.80. The molecule has 0 aliphatic carbocycles. The molecule has 0 unspecified atom stereocenters. The molecule has 0 N–H and O–H groups in total. The Hall–Kier alpha value is -1.29. The van der Waals surface area contributed by atoms with Gasteiger partial charge < -0.3 is 0 Å². The van der Waals surface area contributed by atoms with Crippen molar-refractivity contribution in [3.63, 3.8) is 0 Å². The van der Waals surface area contributed by atoms with Gasteiger partial charge in [-0.15, -0.1) is 6.42 Å². The van der Waals surface area contributed by atoms with Crippen LogP contribution in [0.5, 0.6) is 0 Å². The molecule has 0 saturated carbocycles. The second kappa shape index (κ2) is 3.21. The summed E-state index contributed by atoms with van der Waals surface area (Å²) in [7, 11) is 0. The van der Waals surface area contributed by atoms with Crippen molar-refractivity contribution in [3.05, 3.63) is 35.1 Å². The minimum absolute atomic E-state index is 0.206. The van der Waals surface area contributed by atoms with Crippen LogP contribution in [0.1, 0.15) is 18.1 Å². The van der Waals surface area contributed by atoms with Gasteiger partial charge in [-0.3, -0.25) is 0 Å². The molecule has 0 aliphatic heterocycles. The van der Waals surface area contributed by atoms with Gasteiger partial charge >= 0.3 is 0 Å². The number of terminal acetylenes is 1. The summed E-state index contributed by atoms with van der Waals surface area (Å²) in [4.78, 5) is 0. The highest BCUT2D eigenvalue weighted by molar-refractivity contribution is 5.35. The van der Waals surface area contributed by atoms with E-state index in [1.165, 1.54) is 6.07 Å². The van der Waals surface area contributed by atoms with Crippen molar-refractivity contribution in [2.24, 2.45) is 0 Å². The molecule has 11 heavy (non-hydrogen) atoms. The lowest BCUT2D eigenvalue weighted by Crippen LogP contribution is -1.87. The predicted molar refractivity (Wildman–Crippen MR) is 43.7 cm³/mol. The first kappa shape index (κ1) is 7.81. The topological polar surface area (TPSA) is 0 Å². The third kappa shape index (κ3) is 1.59. The Kier molecular flexibility index (Phi) is 2.28. The fraction of sp³-hybridized carbons (Fsp3) is 0.200. The smallest absolute Gasteiger partial charge is 0.127 e. The Morgan fingerprint density at radius 3 is 2.73 bits per heavy atom. The minimum Gasteiger partial charge on any atom is -0.207 e. The molecule has 0 fully saturated rings. The normalized spacial score (nSPS) is 9.18. The van der Waals surface area contributed by atoms with E-state index in [0.717, 1.165) is 0 Å². The Balaban J connectivity index is 3.12. The highest BCUT2D eigenvalue weighted by Crippen LogP contribution is 2.09. The van der Waals surface area contributed by atoms with E-state index in [1.807, 2.05) is 6.92 Å². The van der Waals surface area contributed by atoms with E-state index in [-0.39, 0.29) is 5.82 Å². The van der Waals surface area contributed by atoms with Gasteiger partial charge in [-0.25, -0.2) is 4.39 Å². The lowest BCUT2D eigenvalue weighted by atomic mass is 10.1. The average Bonchev–Trinajstić information content (AvgIpc) is 2.04. The van der Waals surface area contributed by atoms with Crippen molar-refractivity contribution in [1.29, 1.82) is 0 Å². The highest BCUT2D eigenvalue weighted by atomic mass is 19.1. The van der Waals surface area contributed by atoms with Gasteiger partial charge in [-0.2, -0.15) is 0 Å². The van der Waals surface area contributed by atoms with E-state index in [4.69, 9.17) is 6.42 Å². The van der Waals surface area contributed by atoms with Crippen molar-refractivity contribution in [3.8, 4) is 12.3 Å². The molecule has 0 atom stereocenters. The number of hydrogen-bond acceptors (Lipinski definition) is 0. The Morgan fingerprint density at radius 2 is 2.27 bits per heavy atom. The van der Waals surface area contributed by atoms with Crippen molar-refractivity contribution < 1.29 is 4.39 Å². The fourth-order valence-corrected chi connectivity index (χ4v) is 0.924. The van der Waals surface area contributed by atoms with Crippen LogP contribution < -0.4 is 0 Å². The third-order valence-corrected chi connectivity index (χ3v) is 1.60. The monoisotopic (exact) mass is 148 g/mol. The molecule has 1 rings (SSSR count). The van der Waals surface area contributed by atoms with Crippen LogP contribution in [0.4, 0.5) is 4.39 Å². The molecule has 1 aromatic rings. The lowest BCUT2D eigenvalue weighted by Gasteiger charge is -1.98. The van der Waals surface area contributed by atoms with Gasteiger partial charge in [0.2, 0.25) is 0 Å². The van der Waals surface area contributed by atoms with Crippen LogP contribution in [-0.4, -0.2) is 0 Å². The van der Waals surface area contributed by atoms with Gasteiger partial charge in [-0.1, -0.05) is 18.9 Å². The van der Waals surface area contributed by atoms with Crippen LogP contribution in [0.25, 0.3) is 0 Å². The summed E-state index contributed by atoms with van der Waals surface area (Å²) >= 11 is 0. The van der Waals surface area contributed by atoms with E-state index in [2.05, 4.69) is 5.92 Å². The SMILES string of the molecule is C#Cc1ccc(CC)c(F)c1. The van der Waals surface area contributed by atoms with Crippen molar-refractivity contribution in [2.75, 3.05) is 0 Å². The number of hydrogen-bond donors (Lipinski definition) is 0. The van der Waals surface area contributed by atoms with E-state index in [9.17, 15) is 4.39 Å². The van der Waals surface area contributed by atoms with Crippen LogP contribution >= 0.6 is 0 Å². The molecule has 0 spiro atoms. The average molecular weight is 148 g/mol. The largest absolute Gasteiger partial charge is 0.207 e. The van der Waals surface area contributed by atoms with Gasteiger partial charge in [0.1, 0.15) is 5.82 Å². The molecular weight excluding hydrogens is 139 g/mol. The molecule has 0 heterocycles. The zero-order valence-electron chi connectivity index (χ0n) is 6.39. The summed E-state index contributed by atoms with van der Waals surface area (Å²) in [5.74, 6) is 2.17. The summed E-state index contributed by atoms with van der Waals surface area (Å²) in [6, 6.07) is 4.87. The number of aryl methyl sites for hydroxylation is 1. The van der Waals surface area contributed by atoms with Gasteiger partial charge in [0, 0.05) is 5.56 Å². The second-order valence-electron chi connectivity index (χ2n) is 2.30.